The molecule has 2 aromatic heterocycles. The molecule has 0 atom stereocenters. The first-order chi connectivity index (χ1) is 12.3. The Labute approximate surface area is 148 Å². The summed E-state index contributed by atoms with van der Waals surface area (Å²) >= 11 is 0. The maximum atomic E-state index is 5.66. The number of nitrogens with zero attached hydrogens (tertiary/aromatic N) is 3. The summed E-state index contributed by atoms with van der Waals surface area (Å²) in [5, 5.41) is 7.54. The van der Waals surface area contributed by atoms with Gasteiger partial charge in [-0.3, -0.25) is 5.10 Å². The van der Waals surface area contributed by atoms with Crippen molar-refractivity contribution >= 4 is 0 Å². The van der Waals surface area contributed by atoms with Gasteiger partial charge < -0.3 is 9.30 Å². The topological polar surface area (TPSA) is 55.7 Å². The number of rotatable bonds is 5. The molecule has 3 aromatic rings. The van der Waals surface area contributed by atoms with Crippen molar-refractivity contribution < 1.29 is 4.74 Å². The Morgan fingerprint density at radius 1 is 1.20 bits per heavy atom. The van der Waals surface area contributed by atoms with Crippen LogP contribution >= 0.6 is 0 Å². The van der Waals surface area contributed by atoms with Crippen molar-refractivity contribution in [3.8, 4) is 11.5 Å². The van der Waals surface area contributed by atoms with Gasteiger partial charge in [-0.1, -0.05) is 37.3 Å². The van der Waals surface area contributed by atoms with Gasteiger partial charge in [-0.05, 0) is 30.9 Å². The minimum atomic E-state index is 0.0822. The molecule has 0 saturated carbocycles. The lowest BCUT2D eigenvalue weighted by Gasteiger charge is -2.38. The molecule has 0 aliphatic carbocycles. The average Bonchev–Trinajstić information content (AvgIpc) is 3.32. The van der Waals surface area contributed by atoms with E-state index in [1.807, 2.05) is 6.20 Å². The second kappa shape index (κ2) is 6.84. The van der Waals surface area contributed by atoms with Crippen LogP contribution in [-0.4, -0.2) is 33.0 Å². The van der Waals surface area contributed by atoms with Crippen LogP contribution in [-0.2, 0) is 23.1 Å². The molecule has 0 bridgehead atoms. The SMILES string of the molecule is CCc1cc(-c2nccn2CC2(c3ccccc3)CCOCC2)n[nH]1. The van der Waals surface area contributed by atoms with Crippen LogP contribution in [0.5, 0.6) is 0 Å². The number of hydrogen-bond donors (Lipinski definition) is 1. The van der Waals surface area contributed by atoms with Gasteiger partial charge in [-0.2, -0.15) is 5.10 Å². The highest BCUT2D eigenvalue weighted by atomic mass is 16.5. The number of aromatic nitrogens is 4. The molecule has 1 fully saturated rings. The molecule has 5 nitrogen and oxygen atoms in total. The molecule has 1 N–H and O–H groups in total. The molecule has 130 valence electrons. The van der Waals surface area contributed by atoms with Crippen LogP contribution in [0.15, 0.2) is 48.8 Å². The molecule has 5 heteroatoms. The normalized spacial score (nSPS) is 16.8. The van der Waals surface area contributed by atoms with E-state index in [4.69, 9.17) is 4.74 Å². The first-order valence-corrected chi connectivity index (χ1v) is 9.00. The Morgan fingerprint density at radius 2 is 2.00 bits per heavy atom. The number of ether oxygens (including phenoxy) is 1. The molecule has 0 unspecified atom stereocenters. The highest BCUT2D eigenvalue weighted by Gasteiger charge is 2.35. The highest BCUT2D eigenvalue weighted by Crippen LogP contribution is 2.37. The van der Waals surface area contributed by atoms with Crippen LogP contribution in [0.3, 0.4) is 0 Å². The van der Waals surface area contributed by atoms with Crippen LogP contribution in [0.2, 0.25) is 0 Å². The molecule has 1 saturated heterocycles. The molecule has 3 heterocycles. The molecule has 1 aromatic carbocycles. The van der Waals surface area contributed by atoms with Crippen molar-refractivity contribution in [2.45, 2.75) is 38.1 Å². The van der Waals surface area contributed by atoms with Crippen molar-refractivity contribution in [3.05, 3.63) is 60.0 Å². The summed E-state index contributed by atoms with van der Waals surface area (Å²) in [7, 11) is 0. The van der Waals surface area contributed by atoms with Gasteiger partial charge >= 0.3 is 0 Å². The van der Waals surface area contributed by atoms with Crippen molar-refractivity contribution in [1.29, 1.82) is 0 Å². The lowest BCUT2D eigenvalue weighted by atomic mass is 9.74. The quantitative estimate of drug-likeness (QED) is 0.775. The van der Waals surface area contributed by atoms with E-state index in [1.54, 1.807) is 0 Å². The molecular weight excluding hydrogens is 312 g/mol. The lowest BCUT2D eigenvalue weighted by molar-refractivity contribution is 0.0436. The van der Waals surface area contributed by atoms with E-state index in [2.05, 4.69) is 69.3 Å². The fraction of sp³-hybridized carbons (Fsp3) is 0.400. The van der Waals surface area contributed by atoms with Crippen LogP contribution in [0.25, 0.3) is 11.5 Å². The van der Waals surface area contributed by atoms with Gasteiger partial charge in [0.25, 0.3) is 0 Å². The third-order valence-electron chi connectivity index (χ3n) is 5.27. The number of imidazole rings is 1. The van der Waals surface area contributed by atoms with Crippen LogP contribution in [0, 0.1) is 0 Å². The smallest absolute Gasteiger partial charge is 0.160 e. The zero-order valence-corrected chi connectivity index (χ0v) is 14.6. The molecule has 0 amide bonds. The molecule has 25 heavy (non-hydrogen) atoms. The van der Waals surface area contributed by atoms with Crippen molar-refractivity contribution in [2.75, 3.05) is 13.2 Å². The van der Waals surface area contributed by atoms with E-state index >= 15 is 0 Å². The van der Waals surface area contributed by atoms with Gasteiger partial charge in [0.2, 0.25) is 0 Å². The fourth-order valence-corrected chi connectivity index (χ4v) is 3.75. The first kappa shape index (κ1) is 16.1. The van der Waals surface area contributed by atoms with Gasteiger partial charge in [0.1, 0.15) is 5.69 Å². The van der Waals surface area contributed by atoms with Gasteiger partial charge in [0, 0.05) is 43.3 Å². The third kappa shape index (κ3) is 3.12. The second-order valence-electron chi connectivity index (χ2n) is 6.77. The van der Waals surface area contributed by atoms with E-state index in [-0.39, 0.29) is 5.41 Å². The average molecular weight is 336 g/mol. The summed E-state index contributed by atoms with van der Waals surface area (Å²) in [6, 6.07) is 12.9. The summed E-state index contributed by atoms with van der Waals surface area (Å²) in [6.07, 6.45) is 6.92. The van der Waals surface area contributed by atoms with Gasteiger partial charge in [0.15, 0.2) is 5.82 Å². The summed E-state index contributed by atoms with van der Waals surface area (Å²) in [5.41, 5.74) is 3.51. The van der Waals surface area contributed by atoms with Crippen LogP contribution < -0.4 is 0 Å². The first-order valence-electron chi connectivity index (χ1n) is 9.00. The Kier molecular flexibility index (Phi) is 4.40. The second-order valence-corrected chi connectivity index (χ2v) is 6.77. The molecule has 0 spiro atoms. The zero-order valence-electron chi connectivity index (χ0n) is 14.6. The van der Waals surface area contributed by atoms with E-state index in [0.717, 1.165) is 56.2 Å². The standard InChI is InChI=1S/C20H24N4O/c1-2-17-14-18(23-22-17)19-21-10-11-24(19)15-20(8-12-25-13-9-20)16-6-4-3-5-7-16/h3-7,10-11,14H,2,8-9,12-13,15H2,1H3,(H,22,23). The van der Waals surface area contributed by atoms with Gasteiger partial charge in [-0.15, -0.1) is 0 Å². The number of aryl methyl sites for hydroxylation is 1. The number of H-pyrrole nitrogens is 1. The third-order valence-corrected chi connectivity index (χ3v) is 5.27. The highest BCUT2D eigenvalue weighted by molar-refractivity contribution is 5.50. The minimum absolute atomic E-state index is 0.0822. The Bertz CT molecular complexity index is 815. The molecular formula is C20H24N4O. The van der Waals surface area contributed by atoms with Gasteiger partial charge in [-0.25, -0.2) is 4.98 Å². The monoisotopic (exact) mass is 336 g/mol. The Balaban J connectivity index is 1.69. The number of hydrogen-bond acceptors (Lipinski definition) is 3. The number of nitrogens with one attached hydrogen (secondary N) is 1. The maximum Gasteiger partial charge on any atom is 0.160 e. The van der Waals surface area contributed by atoms with Crippen molar-refractivity contribution in [3.63, 3.8) is 0 Å². The Hall–Kier alpha value is -2.40. The predicted octanol–water partition coefficient (Wildman–Crippen LogP) is 3.58. The summed E-state index contributed by atoms with van der Waals surface area (Å²) < 4.78 is 7.90. The summed E-state index contributed by atoms with van der Waals surface area (Å²) in [4.78, 5) is 4.57. The lowest BCUT2D eigenvalue weighted by Crippen LogP contribution is -2.38. The fourth-order valence-electron chi connectivity index (χ4n) is 3.75. The molecule has 4 rings (SSSR count). The van der Waals surface area contributed by atoms with Crippen LogP contribution in [0.4, 0.5) is 0 Å². The van der Waals surface area contributed by atoms with Crippen molar-refractivity contribution in [2.24, 2.45) is 0 Å². The maximum absolute atomic E-state index is 5.66. The number of benzene rings is 1. The predicted molar refractivity (Wildman–Crippen MR) is 97.4 cm³/mol. The van der Waals surface area contributed by atoms with Gasteiger partial charge in [0.05, 0.1) is 0 Å². The number of aromatic amines is 1. The largest absolute Gasteiger partial charge is 0.381 e. The summed E-state index contributed by atoms with van der Waals surface area (Å²) in [5.74, 6) is 0.928. The molecule has 1 aliphatic rings. The van der Waals surface area contributed by atoms with Crippen LogP contribution in [0.1, 0.15) is 31.0 Å². The van der Waals surface area contributed by atoms with E-state index < -0.39 is 0 Å². The van der Waals surface area contributed by atoms with E-state index in [9.17, 15) is 0 Å². The Morgan fingerprint density at radius 3 is 2.72 bits per heavy atom. The zero-order chi connectivity index (χ0) is 17.1. The summed E-state index contributed by atoms with van der Waals surface area (Å²) in [6.45, 7) is 4.63. The van der Waals surface area contributed by atoms with E-state index in [0.29, 0.717) is 0 Å². The van der Waals surface area contributed by atoms with E-state index in [1.165, 1.54) is 5.56 Å². The minimum Gasteiger partial charge on any atom is -0.381 e. The van der Waals surface area contributed by atoms with Crippen molar-refractivity contribution in [1.82, 2.24) is 19.7 Å². The molecule has 1 aliphatic heterocycles. The molecule has 0 radical (unpaired) electrons.